The Bertz CT molecular complexity index is 1540. The monoisotopic (exact) mass is 986 g/mol. The number of rotatable bonds is 22. The molecule has 1 saturated carbocycles. The van der Waals surface area contributed by atoms with Crippen molar-refractivity contribution in [1.29, 1.82) is 0 Å². The van der Waals surface area contributed by atoms with Crippen molar-refractivity contribution in [3.63, 3.8) is 0 Å². The molecule has 384 valence electrons. The van der Waals surface area contributed by atoms with Crippen molar-refractivity contribution < 1.29 is 91.9 Å². The smallest absolute Gasteiger partial charge is 0.462 e. The van der Waals surface area contributed by atoms with Crippen molar-refractivity contribution >= 4 is 33.4 Å². The first-order chi connectivity index (χ1) is 31.3. The summed E-state index contributed by atoms with van der Waals surface area (Å²) in [5.74, 6) is -5.65. The minimum Gasteiger partial charge on any atom is -0.462 e. The number of hydrogen-bond acceptors (Lipinski definition) is 16. The Morgan fingerprint density at radius 1 is 0.818 bits per heavy atom. The predicted octanol–water partition coefficient (Wildman–Crippen LogP) is 5.54. The van der Waals surface area contributed by atoms with Crippen molar-refractivity contribution in [3.05, 3.63) is 24.3 Å². The number of unbranched alkanes of at least 4 members (excludes halogenated alkanes) is 11. The van der Waals surface area contributed by atoms with Gasteiger partial charge in [-0.15, -0.1) is 0 Å². The molecule has 19 nitrogen and oxygen atoms in total. The van der Waals surface area contributed by atoms with E-state index in [1.807, 2.05) is 6.92 Å². The molecule has 0 radical (unpaired) electrons. The summed E-state index contributed by atoms with van der Waals surface area (Å²) in [6, 6.07) is 0. The normalized spacial score (nSPS) is 31.3. The first-order valence-corrected chi connectivity index (χ1v) is 27.0. The Balaban J connectivity index is 2.41. The zero-order chi connectivity index (χ0) is 49.1. The molecule has 21 heteroatoms. The highest BCUT2D eigenvalue weighted by Crippen LogP contribution is 2.49. The van der Waals surface area contributed by atoms with Crippen molar-refractivity contribution in [2.45, 2.75) is 216 Å². The first kappa shape index (κ1) is 60.2. The van der Waals surface area contributed by atoms with E-state index in [1.54, 1.807) is 0 Å². The van der Waals surface area contributed by atoms with Crippen LogP contribution in [0.25, 0.3) is 0 Å². The van der Waals surface area contributed by atoms with Gasteiger partial charge in [0.25, 0.3) is 0 Å². The van der Waals surface area contributed by atoms with Crippen molar-refractivity contribution in [1.82, 2.24) is 0 Å². The van der Waals surface area contributed by atoms with Crippen LogP contribution in [-0.2, 0) is 46.6 Å². The molecule has 0 spiro atoms. The molecule has 0 aromatic carbocycles. The number of fused-ring (bicyclic) bond motifs is 4. The van der Waals surface area contributed by atoms with Crippen LogP contribution in [0.1, 0.15) is 162 Å². The number of carbonyl (C=O) groups excluding carboxylic acids is 3. The number of ether oxygens (including phenoxy) is 2. The van der Waals surface area contributed by atoms with E-state index >= 15 is 0 Å². The maximum atomic E-state index is 13.9. The maximum absolute atomic E-state index is 13.9. The van der Waals surface area contributed by atoms with Gasteiger partial charge in [0.15, 0.2) is 6.10 Å². The number of aliphatic hydroxyl groups is 6. The molecule has 1 aliphatic carbocycles. The number of cyclic esters (lactones) is 1. The second-order valence-electron chi connectivity index (χ2n) is 17.6. The number of hydrogen-bond donors (Lipinski definition) is 9. The summed E-state index contributed by atoms with van der Waals surface area (Å²) in [7, 11) is -11.5. The topological polar surface area (TPSA) is 314 Å². The largest absolute Gasteiger partial charge is 0.472 e. The van der Waals surface area contributed by atoms with E-state index < -0.39 is 120 Å². The third-order valence-corrected chi connectivity index (χ3v) is 13.4. The minimum atomic E-state index is -5.79. The Labute approximate surface area is 390 Å². The average molecular weight is 987 g/mol. The highest BCUT2D eigenvalue weighted by Gasteiger charge is 2.51. The van der Waals surface area contributed by atoms with Crippen LogP contribution in [0.4, 0.5) is 0 Å². The van der Waals surface area contributed by atoms with Gasteiger partial charge in [0.05, 0.1) is 36.9 Å². The number of phosphoric acid groups is 2. The van der Waals surface area contributed by atoms with Crippen LogP contribution in [0, 0.1) is 11.8 Å². The van der Waals surface area contributed by atoms with Crippen LogP contribution in [0.5, 0.6) is 0 Å². The molecule has 2 bridgehead atoms. The van der Waals surface area contributed by atoms with Gasteiger partial charge in [0, 0.05) is 25.2 Å². The average Bonchev–Trinajstić information content (AvgIpc) is 3.25. The second kappa shape index (κ2) is 32.8. The van der Waals surface area contributed by atoms with E-state index in [2.05, 4.69) is 19.1 Å². The van der Waals surface area contributed by atoms with Crippen molar-refractivity contribution in [2.75, 3.05) is 13.2 Å². The van der Waals surface area contributed by atoms with Crippen LogP contribution in [-0.4, -0.2) is 131 Å². The lowest BCUT2D eigenvalue weighted by Crippen LogP contribution is -2.56. The summed E-state index contributed by atoms with van der Waals surface area (Å²) in [4.78, 5) is 70.6. The van der Waals surface area contributed by atoms with E-state index in [0.717, 1.165) is 63.5 Å². The summed E-state index contributed by atoms with van der Waals surface area (Å²) < 4.78 is 52.1. The highest BCUT2D eigenvalue weighted by molar-refractivity contribution is 7.47. The van der Waals surface area contributed by atoms with E-state index in [4.69, 9.17) is 23.0 Å². The van der Waals surface area contributed by atoms with Crippen LogP contribution in [0.15, 0.2) is 24.3 Å². The van der Waals surface area contributed by atoms with Gasteiger partial charge in [0.2, 0.25) is 0 Å². The zero-order valence-corrected chi connectivity index (χ0v) is 40.6. The molecule has 12 atom stereocenters. The van der Waals surface area contributed by atoms with Gasteiger partial charge in [-0.25, -0.2) is 9.13 Å². The second-order valence-corrected chi connectivity index (χ2v) is 20.2. The van der Waals surface area contributed by atoms with Crippen molar-refractivity contribution in [3.8, 4) is 0 Å². The lowest BCUT2D eigenvalue weighted by Gasteiger charge is -2.38. The summed E-state index contributed by atoms with van der Waals surface area (Å²) >= 11 is 0. The van der Waals surface area contributed by atoms with E-state index in [-0.39, 0.29) is 32.1 Å². The number of Topliss-reactive ketones (excluding diaryl/α,β-unsaturated/α-hetero) is 1. The number of phosphoric ester groups is 2. The predicted molar refractivity (Wildman–Crippen MR) is 242 cm³/mol. The molecule has 2 aliphatic rings. The van der Waals surface area contributed by atoms with Gasteiger partial charge >= 0.3 is 27.6 Å². The van der Waals surface area contributed by atoms with E-state index in [9.17, 15) is 68.8 Å². The van der Waals surface area contributed by atoms with Crippen LogP contribution < -0.4 is 0 Å². The first-order valence-electron chi connectivity index (χ1n) is 24.0. The van der Waals surface area contributed by atoms with Gasteiger partial charge in [0.1, 0.15) is 36.8 Å². The van der Waals surface area contributed by atoms with Gasteiger partial charge < -0.3 is 54.8 Å². The van der Waals surface area contributed by atoms with Crippen LogP contribution >= 0.6 is 15.6 Å². The number of ketones is 1. The summed E-state index contributed by atoms with van der Waals surface area (Å²) in [6.45, 7) is 2.53. The molecule has 1 saturated heterocycles. The molecule has 2 rings (SSSR count). The van der Waals surface area contributed by atoms with Gasteiger partial charge in [-0.05, 0) is 51.4 Å². The molecule has 0 amide bonds. The van der Waals surface area contributed by atoms with E-state index in [1.165, 1.54) is 25.7 Å². The standard InChI is InChI=1S/C45H80O19P2/c1-3-5-7-8-9-10-11-12-13-14-15-16-22-26-39(50)62-33-30-60-38(49)25-21-18-17-20-24-34-36(47)29-37(48)35(28-27-32(46)23-19-6-4-2)41(52)44(63-65(55,56)57)45(43(54)42(53)40(34)51)64-66(58,59)61-31-33/h10-11,27-28,32-36,40-47,51-54H,3-9,12-26,29-31H2,1-2H3,(H,58,59)(H2,55,56,57)/b11-10-,28-27?/t32-,33+,34-,35-,36-,40+,41+,42-,43+,44+,45-/m0/s1. The lowest BCUT2D eigenvalue weighted by atomic mass is 9.82. The molecule has 0 aromatic heterocycles. The third-order valence-electron chi connectivity index (χ3n) is 11.9. The highest BCUT2D eigenvalue weighted by atomic mass is 31.2. The van der Waals surface area contributed by atoms with Gasteiger partial charge in [-0.1, -0.05) is 115 Å². The molecule has 1 heterocycles. The number of carbonyl (C=O) groups is 3. The lowest BCUT2D eigenvalue weighted by molar-refractivity contribution is -0.165. The molecular weight excluding hydrogens is 906 g/mol. The van der Waals surface area contributed by atoms with Crippen molar-refractivity contribution in [2.24, 2.45) is 11.8 Å². The summed E-state index contributed by atoms with van der Waals surface area (Å²) in [5.41, 5.74) is 0. The van der Waals surface area contributed by atoms with Crippen LogP contribution in [0.3, 0.4) is 0 Å². The molecule has 1 aliphatic heterocycles. The summed E-state index contributed by atoms with van der Waals surface area (Å²) in [6.07, 6.45) is 1.06. The quantitative estimate of drug-likeness (QED) is 0.0278. The zero-order valence-electron chi connectivity index (χ0n) is 38.8. The molecule has 2 fully saturated rings. The molecule has 0 aromatic rings. The molecule has 66 heavy (non-hydrogen) atoms. The Morgan fingerprint density at radius 2 is 1.44 bits per heavy atom. The van der Waals surface area contributed by atoms with Crippen LogP contribution in [0.2, 0.25) is 0 Å². The third kappa shape index (κ3) is 24.6. The summed E-state index contributed by atoms with van der Waals surface area (Å²) in [5, 5.41) is 68.1. The molecule has 9 N–H and O–H groups in total. The van der Waals surface area contributed by atoms with Gasteiger partial charge in [-0.2, -0.15) is 0 Å². The Kier molecular flexibility index (Phi) is 29.9. The molecule has 1 unspecified atom stereocenters. The maximum Gasteiger partial charge on any atom is 0.472 e. The molecular formula is C45H80O19P2. The number of aliphatic hydroxyl groups excluding tert-OH is 6. The fourth-order valence-corrected chi connectivity index (χ4v) is 9.59. The Hall–Kier alpha value is -1.93. The minimum absolute atomic E-state index is 0.0387. The fourth-order valence-electron chi connectivity index (χ4n) is 8.06. The Morgan fingerprint density at radius 3 is 2.11 bits per heavy atom. The van der Waals surface area contributed by atoms with E-state index in [0.29, 0.717) is 32.1 Å². The van der Waals surface area contributed by atoms with Gasteiger partial charge in [-0.3, -0.25) is 28.0 Å². The number of allylic oxidation sites excluding steroid dienone is 2. The SMILES string of the molecule is CCCCCC/C=C\CCCCCCCC(=O)O[C@@H]1COC(=O)CCCCCC[C@@H]2[C@@H](O)[C@H](O)[C@@H](O)[C@H](OP(=O)(O)OC1)[C@H](OP(=O)(O)O)[C@H](O)[C@@H](C=C[C@@H](O)CCCCC)C(=O)C[C@@H]2O. The number of esters is 2. The fraction of sp³-hybridized carbons (Fsp3) is 0.844.